The molecule has 0 atom stereocenters. The Labute approximate surface area is 857 Å². The van der Waals surface area contributed by atoms with Crippen LogP contribution in [0, 0.1) is 0 Å². The number of hydrogen-bond acceptors (Lipinski definition) is 7. The summed E-state index contributed by atoms with van der Waals surface area (Å²) in [7, 11) is 0. The Morgan fingerprint density at radius 3 is 1.24 bits per heavy atom. The molecular weight excluding hydrogens is 1820 g/mol. The van der Waals surface area contributed by atoms with Gasteiger partial charge in [-0.3, -0.25) is 9.97 Å². The summed E-state index contributed by atoms with van der Waals surface area (Å²) in [5.74, 6) is 1.76. The quantitative estimate of drug-likeness (QED) is 0.128. The lowest BCUT2D eigenvalue weighted by Gasteiger charge is -2.25. The summed E-state index contributed by atoms with van der Waals surface area (Å²) in [6, 6.07) is 170. The minimum absolute atomic E-state index is 0.142. The van der Waals surface area contributed by atoms with Gasteiger partial charge in [0.25, 0.3) is 0 Å². The summed E-state index contributed by atoms with van der Waals surface area (Å²) in [5.41, 5.74) is 37.3. The van der Waals surface area contributed by atoms with Crippen LogP contribution in [0.2, 0.25) is 0 Å². The number of benzene rings is 18. The second kappa shape index (κ2) is 35.0. The van der Waals surface area contributed by atoms with Gasteiger partial charge in [-0.1, -0.05) is 361 Å². The summed E-state index contributed by atoms with van der Waals surface area (Å²) in [6.45, 7) is 9.44. The third kappa shape index (κ3) is 14.0. The lowest BCUT2D eigenvalue weighted by molar-refractivity contribution is 0.624. The van der Waals surface area contributed by atoms with E-state index in [1.807, 2.05) is 144 Å². The number of furan rings is 1. The fourth-order valence-electron chi connectivity index (χ4n) is 23.6. The molecule has 0 spiro atoms. The smallest absolute Gasteiger partial charge is 0.241 e. The van der Waals surface area contributed by atoms with Gasteiger partial charge in [0.1, 0.15) is 5.58 Å². The van der Waals surface area contributed by atoms with E-state index in [-0.39, 0.29) is 10.8 Å². The van der Waals surface area contributed by atoms with Crippen LogP contribution < -0.4 is 0 Å². The zero-order valence-electron chi connectivity index (χ0n) is 81.5. The zero-order valence-corrected chi connectivity index (χ0v) is 82.3. The van der Waals surface area contributed by atoms with Gasteiger partial charge in [0, 0.05) is 155 Å². The van der Waals surface area contributed by atoms with Gasteiger partial charge in [0.15, 0.2) is 11.6 Å². The fourth-order valence-corrected chi connectivity index (χ4v) is 24.8. The first-order valence-corrected chi connectivity index (χ1v) is 51.2. The van der Waals surface area contributed by atoms with Crippen LogP contribution in [0.1, 0.15) is 50.2 Å². The van der Waals surface area contributed by atoms with Crippen LogP contribution >= 0.6 is 11.3 Å². The summed E-state index contributed by atoms with van der Waals surface area (Å²) in [5, 5.41) is 13.6. The molecular formula is C135H93N11OS. The molecule has 148 heavy (non-hydrogen) atoms. The van der Waals surface area contributed by atoms with E-state index in [4.69, 9.17) is 19.4 Å². The SMILES string of the molecule is CC1(C)c2ccccc2-c2c1n(-c1cc(-c3ccccn3)cc(-c3ccccn3)c1)c1ccccc21.CC1(C)c2ccccc2-c2c1n(-c1ccc3c(c1)c1ccccc1n3-c1ccccc1)c1cc(-c3ccccc3)ccc21.c1cc(-n2c3ccccc3c3ccccc32)cc(-n2c3ccccc3c3sc4ccccc4c32)c1.c1ccc(-c2nc(-c3ccccc3)nc(-n3c4ccccc4c4c5ccccc5oc43)n2)cc1. The third-order valence-electron chi connectivity index (χ3n) is 30.1. The van der Waals surface area contributed by atoms with E-state index in [1.165, 1.54) is 175 Å². The highest BCUT2D eigenvalue weighted by atomic mass is 32.1. The van der Waals surface area contributed by atoms with Crippen molar-refractivity contribution in [2.24, 2.45) is 0 Å². The molecule has 31 rings (SSSR count). The van der Waals surface area contributed by atoms with Gasteiger partial charge in [-0.15, -0.1) is 11.3 Å². The molecule has 18 aromatic carbocycles. The largest absolute Gasteiger partial charge is 0.439 e. The first-order chi connectivity index (χ1) is 73.0. The van der Waals surface area contributed by atoms with Gasteiger partial charge in [0.05, 0.1) is 71.1 Å². The van der Waals surface area contributed by atoms with Crippen molar-refractivity contribution in [2.75, 3.05) is 0 Å². The Morgan fingerprint density at radius 1 is 0.243 bits per heavy atom. The van der Waals surface area contributed by atoms with Crippen LogP contribution in [0.5, 0.6) is 0 Å². The molecule has 0 amide bonds. The van der Waals surface area contributed by atoms with Gasteiger partial charge in [-0.2, -0.15) is 9.97 Å². The van der Waals surface area contributed by atoms with E-state index < -0.39 is 0 Å². The molecule has 0 bridgehead atoms. The van der Waals surface area contributed by atoms with E-state index in [0.717, 1.165) is 72.3 Å². The minimum atomic E-state index is -0.148. The predicted molar refractivity (Wildman–Crippen MR) is 613 cm³/mol. The fraction of sp³-hybridized carbons (Fsp3) is 0.0444. The number of hydrogen-bond donors (Lipinski definition) is 0. The molecule has 29 aromatic rings. The standard InChI is InChI=1S/C41H30N2.C33H25N3.C32H20N2S.C29H18N4O/c1-41(2)35-19-11-9-18-32(35)39-33-23-21-28(27-13-5-3-6-14-27)25-38(33)43(40(39)41)30-22-24-37-34(26-30)31-17-10-12-20-36(31)42(37)29-15-7-4-8-16-29;1-33(2)27-13-5-3-11-25(27)31-26-12-4-6-16-30(26)36(32(31)33)24-20-22(28-14-7-9-17-34-28)19-23(21-24)29-15-8-10-18-35-29;1-5-16-27-23(12-1)24-13-2-6-17-28(24)33(27)21-10-9-11-22(20-21)34-29-18-7-3-14-25(29)32-31(34)26-15-4-8-19-30(26)35-32;1-3-11-19(12-4-1)26-30-27(20-13-5-2-6-14-20)32-29(31-26)33-23-17-9-7-15-21(23)25-22-16-8-10-18-24(22)34-28(25)33/h3-26H,1-2H3;3-21H,1-2H3;1-20H;1-18H. The Bertz CT molecular complexity index is 10100. The lowest BCUT2D eigenvalue weighted by Crippen LogP contribution is -2.19. The number of fused-ring (bicyclic) bond motifs is 26. The highest BCUT2D eigenvalue weighted by molar-refractivity contribution is 7.26. The van der Waals surface area contributed by atoms with Gasteiger partial charge in [0.2, 0.25) is 11.7 Å². The predicted octanol–water partition coefficient (Wildman–Crippen LogP) is 34.9. The minimum Gasteiger partial charge on any atom is -0.439 e. The number of nitrogens with zero attached hydrogens (tertiary/aromatic N) is 11. The summed E-state index contributed by atoms with van der Waals surface area (Å²) < 4.78 is 23.3. The Hall–Kier alpha value is -19.0. The van der Waals surface area contributed by atoms with Crippen molar-refractivity contribution in [3.63, 3.8) is 0 Å². The molecule has 0 saturated carbocycles. The molecule has 0 radical (unpaired) electrons. The summed E-state index contributed by atoms with van der Waals surface area (Å²) in [6.07, 6.45) is 3.70. The second-order valence-electron chi connectivity index (χ2n) is 39.3. The molecule has 11 heterocycles. The normalized spacial score (nSPS) is 12.7. The van der Waals surface area contributed by atoms with Crippen molar-refractivity contribution >= 4 is 141 Å². The summed E-state index contributed by atoms with van der Waals surface area (Å²) in [4.78, 5) is 24.0. The molecule has 0 aliphatic heterocycles. The molecule has 13 heteroatoms. The van der Waals surface area contributed by atoms with Crippen molar-refractivity contribution in [1.82, 2.24) is 52.3 Å². The molecule has 12 nitrogen and oxygen atoms in total. The van der Waals surface area contributed by atoms with Crippen LogP contribution in [0.25, 0.3) is 243 Å². The highest BCUT2D eigenvalue weighted by Gasteiger charge is 2.43. The molecule has 11 aromatic heterocycles. The van der Waals surface area contributed by atoms with Crippen LogP contribution in [-0.4, -0.2) is 52.3 Å². The molecule has 0 fully saturated rings. The number of pyridine rings is 2. The molecule has 2 aliphatic carbocycles. The van der Waals surface area contributed by atoms with E-state index >= 15 is 0 Å². The van der Waals surface area contributed by atoms with Gasteiger partial charge < -0.3 is 27.3 Å². The first-order valence-electron chi connectivity index (χ1n) is 50.4. The first kappa shape index (κ1) is 86.9. The maximum atomic E-state index is 6.38. The zero-order chi connectivity index (χ0) is 98.4. The van der Waals surface area contributed by atoms with Crippen LogP contribution in [-0.2, 0) is 10.8 Å². The maximum absolute atomic E-state index is 6.38. The average Bonchev–Trinajstić information content (AvgIpc) is 1.53. The maximum Gasteiger partial charge on any atom is 0.241 e. The third-order valence-corrected chi connectivity index (χ3v) is 31.3. The molecule has 2 aliphatic rings. The molecule has 0 unspecified atom stereocenters. The number of para-hydroxylation sites is 8. The molecule has 700 valence electrons. The Morgan fingerprint density at radius 2 is 0.662 bits per heavy atom. The van der Waals surface area contributed by atoms with E-state index in [1.54, 1.807) is 0 Å². The Kier molecular flexibility index (Phi) is 20.5. The van der Waals surface area contributed by atoms with Crippen LogP contribution in [0.4, 0.5) is 0 Å². The van der Waals surface area contributed by atoms with Crippen LogP contribution in [0.3, 0.4) is 0 Å². The van der Waals surface area contributed by atoms with E-state index in [0.29, 0.717) is 17.6 Å². The average molecular weight is 1920 g/mol. The Balaban J connectivity index is 0.0000000955. The highest BCUT2D eigenvalue weighted by Crippen LogP contribution is 2.57. The second-order valence-corrected chi connectivity index (χ2v) is 40.4. The van der Waals surface area contributed by atoms with Crippen molar-refractivity contribution in [1.29, 1.82) is 0 Å². The topological polar surface area (TPSA) is 107 Å². The van der Waals surface area contributed by atoms with Crippen molar-refractivity contribution in [3.05, 3.63) is 514 Å². The van der Waals surface area contributed by atoms with Gasteiger partial charge in [-0.05, 0) is 179 Å². The lowest BCUT2D eigenvalue weighted by atomic mass is 9.85. The summed E-state index contributed by atoms with van der Waals surface area (Å²) >= 11 is 1.89. The molecule has 0 saturated heterocycles. The number of aromatic nitrogens is 11. The van der Waals surface area contributed by atoms with Crippen molar-refractivity contribution < 1.29 is 4.42 Å². The van der Waals surface area contributed by atoms with Crippen molar-refractivity contribution in [3.8, 4) is 113 Å². The number of rotatable bonds is 11. The number of thiophene rings is 1. The monoisotopic (exact) mass is 1920 g/mol. The van der Waals surface area contributed by atoms with Gasteiger partial charge >= 0.3 is 0 Å². The van der Waals surface area contributed by atoms with E-state index in [9.17, 15) is 0 Å². The van der Waals surface area contributed by atoms with Crippen LogP contribution in [0.15, 0.2) is 496 Å². The molecule has 0 N–H and O–H groups in total. The van der Waals surface area contributed by atoms with E-state index in [2.05, 4.69) is 424 Å². The van der Waals surface area contributed by atoms with Gasteiger partial charge in [-0.25, -0.2) is 9.55 Å². The van der Waals surface area contributed by atoms with Crippen molar-refractivity contribution in [2.45, 2.75) is 38.5 Å².